The standard InChI is InChI=1S/C23H17ClN2O3S/c1-14-3-9-17(10-4-14)26-22(28)19(21(27)25(2)23(26)30)13-18-11-12-20(29-18)15-5-7-16(24)8-6-15/h3-13H,1-2H3/b19-13+. The molecular weight excluding hydrogens is 420 g/mol. The number of carbonyl (C=O) groups is 2. The number of furan rings is 1. The zero-order valence-electron chi connectivity index (χ0n) is 16.3. The molecule has 1 fully saturated rings. The van der Waals surface area contributed by atoms with Crippen LogP contribution in [0.25, 0.3) is 17.4 Å². The number of aryl methyl sites for hydroxylation is 1. The van der Waals surface area contributed by atoms with E-state index in [1.165, 1.54) is 15.9 Å². The highest BCUT2D eigenvalue weighted by molar-refractivity contribution is 7.80. The first kappa shape index (κ1) is 20.1. The highest BCUT2D eigenvalue weighted by Gasteiger charge is 2.38. The summed E-state index contributed by atoms with van der Waals surface area (Å²) in [7, 11) is 1.55. The minimum Gasteiger partial charge on any atom is -0.457 e. The first-order valence-corrected chi connectivity index (χ1v) is 9.94. The maximum atomic E-state index is 13.2. The summed E-state index contributed by atoms with van der Waals surface area (Å²) in [5.74, 6) is 0.0319. The number of amides is 2. The third-order valence-electron chi connectivity index (χ3n) is 4.78. The van der Waals surface area contributed by atoms with Gasteiger partial charge < -0.3 is 4.42 Å². The van der Waals surface area contributed by atoms with E-state index >= 15 is 0 Å². The number of hydrogen-bond donors (Lipinski definition) is 0. The van der Waals surface area contributed by atoms with Gasteiger partial charge in [-0.1, -0.05) is 29.3 Å². The molecule has 0 radical (unpaired) electrons. The molecule has 5 nitrogen and oxygen atoms in total. The van der Waals surface area contributed by atoms with Gasteiger partial charge in [0.05, 0.1) is 5.69 Å². The van der Waals surface area contributed by atoms with Crippen LogP contribution in [0.4, 0.5) is 5.69 Å². The molecule has 0 atom stereocenters. The SMILES string of the molecule is Cc1ccc(N2C(=O)/C(=C/c3ccc(-c4ccc(Cl)cc4)o3)C(=O)N(C)C2=S)cc1. The Morgan fingerprint density at radius 3 is 2.27 bits per heavy atom. The lowest BCUT2D eigenvalue weighted by Gasteiger charge is -2.34. The van der Waals surface area contributed by atoms with E-state index in [1.54, 1.807) is 43.4 Å². The van der Waals surface area contributed by atoms with E-state index in [4.69, 9.17) is 28.2 Å². The third-order valence-corrected chi connectivity index (χ3v) is 5.49. The van der Waals surface area contributed by atoms with E-state index in [0.717, 1.165) is 11.1 Å². The Bertz CT molecular complexity index is 1180. The van der Waals surface area contributed by atoms with E-state index < -0.39 is 11.8 Å². The number of benzene rings is 2. The quantitative estimate of drug-likeness (QED) is 0.326. The van der Waals surface area contributed by atoms with E-state index in [1.807, 2.05) is 31.2 Å². The van der Waals surface area contributed by atoms with Crippen molar-refractivity contribution in [3.8, 4) is 11.3 Å². The molecule has 2 amide bonds. The van der Waals surface area contributed by atoms with Gasteiger partial charge >= 0.3 is 0 Å². The van der Waals surface area contributed by atoms with Crippen LogP contribution in [0.1, 0.15) is 11.3 Å². The van der Waals surface area contributed by atoms with Crippen molar-refractivity contribution in [2.45, 2.75) is 6.92 Å². The number of thiocarbonyl (C=S) groups is 1. The molecule has 30 heavy (non-hydrogen) atoms. The monoisotopic (exact) mass is 436 g/mol. The zero-order valence-corrected chi connectivity index (χ0v) is 17.8. The summed E-state index contributed by atoms with van der Waals surface area (Å²) in [4.78, 5) is 28.6. The predicted molar refractivity (Wildman–Crippen MR) is 121 cm³/mol. The highest BCUT2D eigenvalue weighted by atomic mass is 35.5. The van der Waals surface area contributed by atoms with E-state index in [-0.39, 0.29) is 10.7 Å². The number of hydrogen-bond acceptors (Lipinski definition) is 4. The minimum absolute atomic E-state index is 0.0244. The Kier molecular flexibility index (Phi) is 5.28. The molecule has 7 heteroatoms. The fourth-order valence-electron chi connectivity index (χ4n) is 3.10. The molecule has 2 heterocycles. The van der Waals surface area contributed by atoms with E-state index in [0.29, 0.717) is 22.2 Å². The lowest BCUT2D eigenvalue weighted by atomic mass is 10.1. The molecule has 0 saturated carbocycles. The van der Waals surface area contributed by atoms with Gasteiger partial charge in [0.1, 0.15) is 17.1 Å². The Morgan fingerprint density at radius 1 is 0.933 bits per heavy atom. The van der Waals surface area contributed by atoms with Crippen LogP contribution in [0, 0.1) is 6.92 Å². The van der Waals surface area contributed by atoms with Crippen molar-refractivity contribution in [3.05, 3.63) is 82.6 Å². The molecule has 2 aromatic carbocycles. The van der Waals surface area contributed by atoms with Gasteiger partial charge in [-0.2, -0.15) is 0 Å². The maximum Gasteiger partial charge on any atom is 0.270 e. The van der Waals surface area contributed by atoms with Gasteiger partial charge in [0.15, 0.2) is 5.11 Å². The lowest BCUT2D eigenvalue weighted by Crippen LogP contribution is -2.54. The molecule has 0 N–H and O–H groups in total. The summed E-state index contributed by atoms with van der Waals surface area (Å²) in [6, 6.07) is 18.0. The van der Waals surface area contributed by atoms with Gasteiger partial charge in [0.2, 0.25) is 0 Å². The Balaban J connectivity index is 1.70. The van der Waals surface area contributed by atoms with Gasteiger partial charge in [0.25, 0.3) is 11.8 Å². The van der Waals surface area contributed by atoms with Gasteiger partial charge in [-0.25, -0.2) is 0 Å². The van der Waals surface area contributed by atoms with Crippen LogP contribution < -0.4 is 4.90 Å². The molecular formula is C23H17ClN2O3S. The molecule has 1 aliphatic rings. The summed E-state index contributed by atoms with van der Waals surface area (Å²) >= 11 is 11.3. The third kappa shape index (κ3) is 3.67. The lowest BCUT2D eigenvalue weighted by molar-refractivity contribution is -0.127. The first-order chi connectivity index (χ1) is 14.3. The highest BCUT2D eigenvalue weighted by Crippen LogP contribution is 2.28. The number of anilines is 1. The molecule has 150 valence electrons. The van der Waals surface area contributed by atoms with Crippen LogP contribution >= 0.6 is 23.8 Å². The van der Waals surface area contributed by atoms with Gasteiger partial charge in [-0.05, 0) is 73.7 Å². The van der Waals surface area contributed by atoms with Crippen molar-refractivity contribution >= 4 is 52.5 Å². The van der Waals surface area contributed by atoms with Gasteiger partial charge in [-0.3, -0.25) is 19.4 Å². The summed E-state index contributed by atoms with van der Waals surface area (Å²) in [5, 5.41) is 0.758. The molecule has 0 spiro atoms. The molecule has 1 saturated heterocycles. The van der Waals surface area contributed by atoms with Crippen LogP contribution in [-0.2, 0) is 9.59 Å². The number of likely N-dealkylation sites (N-methyl/N-ethyl adjacent to an activating group) is 1. The fourth-order valence-corrected chi connectivity index (χ4v) is 3.50. The molecule has 0 bridgehead atoms. The Labute approximate surface area is 184 Å². The second-order valence-corrected chi connectivity index (χ2v) is 7.69. The summed E-state index contributed by atoms with van der Waals surface area (Å²) in [5.41, 5.74) is 2.47. The fraction of sp³-hybridized carbons (Fsp3) is 0.0870. The smallest absolute Gasteiger partial charge is 0.270 e. The average molecular weight is 437 g/mol. The second-order valence-electron chi connectivity index (χ2n) is 6.89. The van der Waals surface area contributed by atoms with Crippen molar-refractivity contribution in [1.29, 1.82) is 0 Å². The topological polar surface area (TPSA) is 53.8 Å². The Hall–Kier alpha value is -3.22. The van der Waals surface area contributed by atoms with Crippen LogP contribution in [0.15, 0.2) is 70.7 Å². The molecule has 4 rings (SSSR count). The zero-order chi connectivity index (χ0) is 21.4. The molecule has 3 aromatic rings. The van der Waals surface area contributed by atoms with Gasteiger partial charge in [0, 0.05) is 17.6 Å². The Morgan fingerprint density at radius 2 is 1.60 bits per heavy atom. The predicted octanol–water partition coefficient (Wildman–Crippen LogP) is 5.08. The summed E-state index contributed by atoms with van der Waals surface area (Å²) in [6.07, 6.45) is 1.45. The van der Waals surface area contributed by atoms with Crippen molar-refractivity contribution in [1.82, 2.24) is 4.90 Å². The second kappa shape index (κ2) is 7.89. The van der Waals surface area contributed by atoms with Crippen molar-refractivity contribution in [2.75, 3.05) is 11.9 Å². The maximum absolute atomic E-state index is 13.2. The van der Waals surface area contributed by atoms with Gasteiger partial charge in [-0.15, -0.1) is 0 Å². The molecule has 1 aliphatic heterocycles. The van der Waals surface area contributed by atoms with Crippen LogP contribution in [-0.4, -0.2) is 28.9 Å². The van der Waals surface area contributed by atoms with Crippen molar-refractivity contribution in [3.63, 3.8) is 0 Å². The summed E-state index contributed by atoms with van der Waals surface area (Å²) in [6.45, 7) is 1.95. The van der Waals surface area contributed by atoms with Crippen molar-refractivity contribution < 1.29 is 14.0 Å². The van der Waals surface area contributed by atoms with Crippen LogP contribution in [0.2, 0.25) is 5.02 Å². The minimum atomic E-state index is -0.489. The van der Waals surface area contributed by atoms with Crippen molar-refractivity contribution in [2.24, 2.45) is 0 Å². The van der Waals surface area contributed by atoms with E-state index in [2.05, 4.69) is 0 Å². The number of carbonyl (C=O) groups excluding carboxylic acids is 2. The van der Waals surface area contributed by atoms with Crippen LogP contribution in [0.5, 0.6) is 0 Å². The number of rotatable bonds is 3. The molecule has 1 aromatic heterocycles. The van der Waals surface area contributed by atoms with E-state index in [9.17, 15) is 9.59 Å². The first-order valence-electron chi connectivity index (χ1n) is 9.16. The summed E-state index contributed by atoms with van der Waals surface area (Å²) < 4.78 is 5.83. The largest absolute Gasteiger partial charge is 0.457 e. The number of nitrogens with zero attached hydrogens (tertiary/aromatic N) is 2. The number of halogens is 1. The van der Waals surface area contributed by atoms with Crippen LogP contribution in [0.3, 0.4) is 0 Å². The molecule has 0 unspecified atom stereocenters. The normalized spacial score (nSPS) is 16.0. The average Bonchev–Trinajstić information content (AvgIpc) is 3.20. The molecule has 0 aliphatic carbocycles.